The second kappa shape index (κ2) is 8.97. The molecule has 1 unspecified atom stereocenters. The number of oxazole rings is 1. The van der Waals surface area contributed by atoms with Crippen molar-refractivity contribution in [2.45, 2.75) is 25.9 Å². The van der Waals surface area contributed by atoms with Gasteiger partial charge in [-0.25, -0.2) is 9.97 Å². The number of imidazole rings is 1. The van der Waals surface area contributed by atoms with E-state index in [-0.39, 0.29) is 6.01 Å². The molecule has 0 fully saturated rings. The summed E-state index contributed by atoms with van der Waals surface area (Å²) in [6, 6.07) is 9.61. The Bertz CT molecular complexity index is 1170. The van der Waals surface area contributed by atoms with Gasteiger partial charge in [0, 0.05) is 30.8 Å². The summed E-state index contributed by atoms with van der Waals surface area (Å²) in [5.41, 5.74) is 1.90. The molecule has 12 heteroatoms. The van der Waals surface area contributed by atoms with Crippen molar-refractivity contribution in [1.82, 2.24) is 24.5 Å². The van der Waals surface area contributed by atoms with Crippen molar-refractivity contribution in [2.75, 3.05) is 10.0 Å². The molecule has 0 saturated heterocycles. The summed E-state index contributed by atoms with van der Waals surface area (Å²) in [5.74, 6) is 0.857. The van der Waals surface area contributed by atoms with Crippen LogP contribution in [0.2, 0.25) is 0 Å². The number of aryl methyl sites for hydroxylation is 2. The number of fused-ring (bicyclic) bond motifs is 1. The Kier molecular flexibility index (Phi) is 5.95. The highest BCUT2D eigenvalue weighted by Gasteiger charge is 2.13. The van der Waals surface area contributed by atoms with Crippen molar-refractivity contribution in [3.05, 3.63) is 60.3 Å². The second-order valence-electron chi connectivity index (χ2n) is 6.36. The topological polar surface area (TPSA) is 134 Å². The summed E-state index contributed by atoms with van der Waals surface area (Å²) in [4.78, 5) is 15.9. The Morgan fingerprint density at radius 3 is 2.83 bits per heavy atom. The number of benzene rings is 1. The minimum atomic E-state index is -2.49. The van der Waals surface area contributed by atoms with Gasteiger partial charge in [-0.15, -0.1) is 0 Å². The average molecular weight is 430 g/mol. The van der Waals surface area contributed by atoms with Crippen molar-refractivity contribution in [2.24, 2.45) is 0 Å². The molecule has 3 aromatic heterocycles. The number of anilines is 2. The molecular weight excluding hydrogens is 413 g/mol. The highest BCUT2D eigenvalue weighted by molar-refractivity contribution is 7.80. The predicted molar refractivity (Wildman–Crippen MR) is 106 cm³/mol. The van der Waals surface area contributed by atoms with Crippen molar-refractivity contribution < 1.29 is 17.6 Å². The lowest BCUT2D eigenvalue weighted by atomic mass is 10.2. The van der Waals surface area contributed by atoms with E-state index in [1.165, 1.54) is 6.20 Å². The lowest BCUT2D eigenvalue weighted by Gasteiger charge is -2.07. The molecule has 10 nitrogen and oxygen atoms in total. The Hall–Kier alpha value is -3.38. The molecule has 0 spiro atoms. The lowest BCUT2D eigenvalue weighted by Crippen LogP contribution is -2.06. The number of nitrogens with one attached hydrogen (secondary N) is 2. The van der Waals surface area contributed by atoms with Crippen LogP contribution in [0.15, 0.2) is 47.3 Å². The number of aromatic nitrogens is 5. The third-order valence-corrected chi connectivity index (χ3v) is 4.63. The summed E-state index contributed by atoms with van der Waals surface area (Å²) >= 11 is -2.49. The molecule has 4 aromatic rings. The number of hydrogen-bond acceptors (Lipinski definition) is 8. The number of nitrogens with zero attached hydrogens (tertiary/aromatic N) is 5. The normalized spacial score (nSPS) is 12.2. The van der Waals surface area contributed by atoms with Gasteiger partial charge in [-0.05, 0) is 12.0 Å². The number of halogens is 1. The van der Waals surface area contributed by atoms with Gasteiger partial charge in [-0.2, -0.15) is 14.4 Å². The van der Waals surface area contributed by atoms with Crippen LogP contribution in [0.1, 0.15) is 17.7 Å². The van der Waals surface area contributed by atoms with Crippen LogP contribution in [0.4, 0.5) is 16.2 Å². The molecule has 156 valence electrons. The van der Waals surface area contributed by atoms with Crippen LogP contribution in [-0.2, 0) is 30.8 Å². The first-order valence-electron chi connectivity index (χ1n) is 9.05. The highest BCUT2D eigenvalue weighted by Crippen LogP contribution is 2.20. The van der Waals surface area contributed by atoms with E-state index in [4.69, 9.17) is 4.42 Å². The quantitative estimate of drug-likeness (QED) is 0.305. The van der Waals surface area contributed by atoms with Crippen molar-refractivity contribution >= 4 is 34.3 Å². The Morgan fingerprint density at radius 2 is 2.03 bits per heavy atom. The maximum Gasteiger partial charge on any atom is 0.312 e. The van der Waals surface area contributed by atoms with Crippen LogP contribution in [0, 0.1) is 6.08 Å². The Labute approximate surface area is 173 Å². The van der Waals surface area contributed by atoms with Gasteiger partial charge in [0.05, 0.1) is 12.5 Å². The molecule has 0 radical (unpaired) electrons. The SMILES string of the molecule is O=S([O-])Nc1ncc(CCCn2cnc3c(NCc4ccccc4)nc(F)nc32)o1. The lowest BCUT2D eigenvalue weighted by molar-refractivity contribution is 0.497. The minimum Gasteiger partial charge on any atom is -0.755 e. The third kappa shape index (κ3) is 4.78. The fourth-order valence-corrected chi connectivity index (χ4v) is 3.19. The zero-order valence-corrected chi connectivity index (χ0v) is 16.4. The van der Waals surface area contributed by atoms with Gasteiger partial charge in [-0.1, -0.05) is 30.3 Å². The summed E-state index contributed by atoms with van der Waals surface area (Å²) in [6.45, 7) is 0.983. The smallest absolute Gasteiger partial charge is 0.312 e. The monoisotopic (exact) mass is 430 g/mol. The fraction of sp³-hybridized carbons (Fsp3) is 0.222. The molecule has 30 heavy (non-hydrogen) atoms. The van der Waals surface area contributed by atoms with E-state index in [9.17, 15) is 13.2 Å². The second-order valence-corrected chi connectivity index (χ2v) is 7.04. The minimum absolute atomic E-state index is 0.0876. The molecule has 0 saturated carbocycles. The maximum atomic E-state index is 14.0. The molecular formula is C18H17FN7O3S-. The van der Waals surface area contributed by atoms with Gasteiger partial charge in [0.1, 0.15) is 5.76 Å². The molecule has 0 aliphatic rings. The van der Waals surface area contributed by atoms with Gasteiger partial charge in [-0.3, -0.25) is 8.93 Å². The van der Waals surface area contributed by atoms with E-state index < -0.39 is 17.3 Å². The van der Waals surface area contributed by atoms with Gasteiger partial charge in [0.15, 0.2) is 17.0 Å². The molecule has 0 bridgehead atoms. The third-order valence-electron chi connectivity index (χ3n) is 4.29. The van der Waals surface area contributed by atoms with E-state index in [0.717, 1.165) is 5.56 Å². The van der Waals surface area contributed by atoms with Crippen molar-refractivity contribution in [3.8, 4) is 0 Å². The van der Waals surface area contributed by atoms with E-state index in [1.807, 2.05) is 35.1 Å². The van der Waals surface area contributed by atoms with Gasteiger partial charge >= 0.3 is 12.1 Å². The van der Waals surface area contributed by atoms with Crippen LogP contribution < -0.4 is 10.0 Å². The largest absolute Gasteiger partial charge is 0.755 e. The predicted octanol–water partition coefficient (Wildman–Crippen LogP) is 2.40. The average Bonchev–Trinajstić information content (AvgIpc) is 3.33. The molecule has 0 aliphatic heterocycles. The van der Waals surface area contributed by atoms with E-state index >= 15 is 0 Å². The first-order valence-corrected chi connectivity index (χ1v) is 10.1. The van der Waals surface area contributed by atoms with Crippen molar-refractivity contribution in [1.29, 1.82) is 0 Å². The Morgan fingerprint density at radius 1 is 1.20 bits per heavy atom. The molecule has 3 heterocycles. The molecule has 0 aliphatic carbocycles. The van der Waals surface area contributed by atoms with E-state index in [2.05, 4.69) is 25.3 Å². The first-order chi connectivity index (χ1) is 14.6. The molecule has 2 N–H and O–H groups in total. The number of hydrogen-bond donors (Lipinski definition) is 2. The summed E-state index contributed by atoms with van der Waals surface area (Å²) in [7, 11) is 0. The van der Waals surface area contributed by atoms with Gasteiger partial charge < -0.3 is 18.9 Å². The summed E-state index contributed by atoms with van der Waals surface area (Å²) < 4.78 is 44.2. The fourth-order valence-electron chi connectivity index (χ4n) is 2.95. The number of rotatable bonds is 9. The standard InChI is InChI=1S/C18H18FN7O3S/c19-17-23-15(20-9-12-5-2-1-3-6-12)14-16(24-17)26(11-22-14)8-4-7-13-10-21-18(29-13)25-30(27)28/h1-3,5-6,10-11H,4,7-9H2,(H,21,25)(H,27,28)(H,20,23,24)/p-1. The molecule has 4 rings (SSSR count). The van der Waals surface area contributed by atoms with Crippen LogP contribution in [-0.4, -0.2) is 33.3 Å². The van der Waals surface area contributed by atoms with Crippen LogP contribution in [0.5, 0.6) is 0 Å². The highest BCUT2D eigenvalue weighted by atomic mass is 32.2. The van der Waals surface area contributed by atoms with Crippen molar-refractivity contribution in [3.63, 3.8) is 0 Å². The van der Waals surface area contributed by atoms with Crippen LogP contribution >= 0.6 is 0 Å². The first kappa shape index (κ1) is 19.9. The maximum absolute atomic E-state index is 14.0. The molecule has 0 amide bonds. The van der Waals surface area contributed by atoms with Crippen LogP contribution in [0.25, 0.3) is 11.2 Å². The molecule has 1 atom stereocenters. The summed E-state index contributed by atoms with van der Waals surface area (Å²) in [6.07, 6.45) is 3.33. The summed E-state index contributed by atoms with van der Waals surface area (Å²) in [5, 5.41) is 3.11. The Balaban J connectivity index is 1.43. The van der Waals surface area contributed by atoms with Gasteiger partial charge in [0.25, 0.3) is 0 Å². The van der Waals surface area contributed by atoms with Gasteiger partial charge in [0.2, 0.25) is 0 Å². The zero-order valence-electron chi connectivity index (χ0n) is 15.6. The molecule has 1 aromatic carbocycles. The van der Waals surface area contributed by atoms with E-state index in [0.29, 0.717) is 48.7 Å². The van der Waals surface area contributed by atoms with E-state index in [1.54, 1.807) is 10.9 Å². The van der Waals surface area contributed by atoms with Crippen LogP contribution in [0.3, 0.4) is 0 Å². The zero-order chi connectivity index (χ0) is 20.9.